The van der Waals surface area contributed by atoms with E-state index in [0.717, 1.165) is 0 Å². The molecule has 0 aromatic carbocycles. The first-order chi connectivity index (χ1) is 6.38. The van der Waals surface area contributed by atoms with Crippen LogP contribution in [-0.2, 0) is 4.79 Å². The van der Waals surface area contributed by atoms with Crippen LogP contribution < -0.4 is 10.6 Å². The van der Waals surface area contributed by atoms with Crippen molar-refractivity contribution in [3.8, 4) is 0 Å². The van der Waals surface area contributed by atoms with Gasteiger partial charge in [-0.05, 0) is 6.42 Å². The molecule has 8 heteroatoms. The van der Waals surface area contributed by atoms with E-state index < -0.39 is 30.8 Å². The molecule has 0 aromatic rings. The molecule has 1 heterocycles. The van der Waals surface area contributed by atoms with E-state index in [9.17, 15) is 18.0 Å². The summed E-state index contributed by atoms with van der Waals surface area (Å²) in [6, 6.07) is -0.715. The molecule has 0 aliphatic carbocycles. The zero-order valence-corrected chi connectivity index (χ0v) is 8.49. The minimum Gasteiger partial charge on any atom is -0.392 e. The number of β-amino-alcohol motifs (C(OH)–C–C–N with tert-alkyl or cyclic N) is 1. The predicted octanol–water partition coefficient (Wildman–Crippen LogP) is -0.191. The maximum atomic E-state index is 11.7. The van der Waals surface area contributed by atoms with Crippen molar-refractivity contribution in [2.45, 2.75) is 24.7 Å². The fourth-order valence-electron chi connectivity index (χ4n) is 1.23. The second-order valence-electron chi connectivity index (χ2n) is 3.18. The maximum absolute atomic E-state index is 11.7. The number of carbonyl (C=O) groups excluding carboxylic acids is 1. The van der Waals surface area contributed by atoms with Gasteiger partial charge in [-0.1, -0.05) is 0 Å². The maximum Gasteiger partial charge on any atom is 0.405 e. The zero-order chi connectivity index (χ0) is 10.8. The fourth-order valence-corrected chi connectivity index (χ4v) is 1.23. The number of hydrogen-bond acceptors (Lipinski definition) is 3. The quantitative estimate of drug-likeness (QED) is 0.635. The van der Waals surface area contributed by atoms with Gasteiger partial charge in [-0.2, -0.15) is 13.2 Å². The molecule has 3 N–H and O–H groups in total. The molecule has 1 fully saturated rings. The first-order valence-electron chi connectivity index (χ1n) is 4.14. The summed E-state index contributed by atoms with van der Waals surface area (Å²) in [5, 5.41) is 13.4. The summed E-state index contributed by atoms with van der Waals surface area (Å²) in [6.45, 7) is -1.09. The van der Waals surface area contributed by atoms with Gasteiger partial charge in [-0.25, -0.2) is 0 Å². The van der Waals surface area contributed by atoms with Crippen LogP contribution in [0.3, 0.4) is 0 Å². The van der Waals surface area contributed by atoms with Gasteiger partial charge in [0.1, 0.15) is 6.54 Å². The van der Waals surface area contributed by atoms with Gasteiger partial charge < -0.3 is 15.7 Å². The smallest absolute Gasteiger partial charge is 0.392 e. The predicted molar refractivity (Wildman–Crippen MR) is 48.7 cm³/mol. The van der Waals surface area contributed by atoms with Crippen LogP contribution in [0.5, 0.6) is 0 Å². The van der Waals surface area contributed by atoms with Crippen molar-refractivity contribution in [3.05, 3.63) is 0 Å². The van der Waals surface area contributed by atoms with Gasteiger partial charge in [-0.3, -0.25) is 4.79 Å². The highest BCUT2D eigenvalue weighted by Crippen LogP contribution is 2.13. The van der Waals surface area contributed by atoms with E-state index in [0.29, 0.717) is 0 Å². The van der Waals surface area contributed by atoms with Crippen molar-refractivity contribution in [2.24, 2.45) is 0 Å². The molecule has 0 unspecified atom stereocenters. The lowest BCUT2D eigenvalue weighted by Gasteiger charge is -2.12. The van der Waals surface area contributed by atoms with Crippen molar-refractivity contribution in [1.82, 2.24) is 10.6 Å². The van der Waals surface area contributed by atoms with Crippen LogP contribution in [0.25, 0.3) is 0 Å². The van der Waals surface area contributed by atoms with E-state index >= 15 is 0 Å². The number of amides is 1. The van der Waals surface area contributed by atoms with E-state index in [-0.39, 0.29) is 25.4 Å². The molecule has 1 saturated heterocycles. The molecule has 0 radical (unpaired) electrons. The molecule has 0 saturated carbocycles. The SMILES string of the molecule is Cl.O=C(NCC(F)(F)F)[C@H]1C[C@@H](O)CN1. The molecule has 1 aliphatic rings. The van der Waals surface area contributed by atoms with E-state index in [1.54, 1.807) is 5.32 Å². The van der Waals surface area contributed by atoms with E-state index in [4.69, 9.17) is 5.11 Å². The molecule has 1 amide bonds. The number of aliphatic hydroxyl groups excluding tert-OH is 1. The van der Waals surface area contributed by atoms with Crippen molar-refractivity contribution >= 4 is 18.3 Å². The van der Waals surface area contributed by atoms with Crippen molar-refractivity contribution in [2.75, 3.05) is 13.1 Å². The fraction of sp³-hybridized carbons (Fsp3) is 0.857. The third-order valence-electron chi connectivity index (χ3n) is 1.89. The van der Waals surface area contributed by atoms with Gasteiger partial charge >= 0.3 is 6.18 Å². The Morgan fingerprint density at radius 2 is 2.13 bits per heavy atom. The Kier molecular flexibility index (Phi) is 5.33. The average molecular weight is 249 g/mol. The third kappa shape index (κ3) is 5.19. The Morgan fingerprint density at radius 1 is 1.53 bits per heavy atom. The van der Waals surface area contributed by atoms with Crippen LogP contribution in [0.15, 0.2) is 0 Å². The highest BCUT2D eigenvalue weighted by Gasteiger charge is 2.32. The largest absolute Gasteiger partial charge is 0.405 e. The highest BCUT2D eigenvalue weighted by molar-refractivity contribution is 5.85. The molecule has 2 atom stereocenters. The average Bonchev–Trinajstić information content (AvgIpc) is 2.46. The number of aliphatic hydroxyl groups is 1. The summed E-state index contributed by atoms with van der Waals surface area (Å²) in [7, 11) is 0. The monoisotopic (exact) mass is 248 g/mol. The first kappa shape index (κ1) is 14.5. The molecule has 4 nitrogen and oxygen atoms in total. The summed E-state index contributed by atoms with van der Waals surface area (Å²) in [4.78, 5) is 11.1. The van der Waals surface area contributed by atoms with Crippen LogP contribution in [0, 0.1) is 0 Å². The number of carbonyl (C=O) groups is 1. The van der Waals surface area contributed by atoms with Crippen molar-refractivity contribution in [3.63, 3.8) is 0 Å². The molecular formula is C7H12ClF3N2O2. The molecule has 1 aliphatic heterocycles. The summed E-state index contributed by atoms with van der Waals surface area (Å²) < 4.78 is 35.1. The number of nitrogens with one attached hydrogen (secondary N) is 2. The second kappa shape index (κ2) is 5.53. The summed E-state index contributed by atoms with van der Waals surface area (Å²) in [5.74, 6) is -0.723. The van der Waals surface area contributed by atoms with Gasteiger partial charge in [-0.15, -0.1) is 12.4 Å². The van der Waals surface area contributed by atoms with E-state index in [2.05, 4.69) is 5.32 Å². The molecule has 0 spiro atoms. The second-order valence-corrected chi connectivity index (χ2v) is 3.18. The molecule has 15 heavy (non-hydrogen) atoms. The molecule has 1 rings (SSSR count). The molecule has 0 aromatic heterocycles. The summed E-state index contributed by atoms with van der Waals surface area (Å²) in [5.41, 5.74) is 0. The van der Waals surface area contributed by atoms with Gasteiger partial charge in [0.2, 0.25) is 5.91 Å². The van der Waals surface area contributed by atoms with Crippen LogP contribution in [0.4, 0.5) is 13.2 Å². The first-order valence-corrected chi connectivity index (χ1v) is 4.14. The Labute approximate surface area is 90.6 Å². The zero-order valence-electron chi connectivity index (χ0n) is 7.67. The van der Waals surface area contributed by atoms with E-state index in [1.807, 2.05) is 0 Å². The minimum atomic E-state index is -4.40. The topological polar surface area (TPSA) is 61.4 Å². The normalized spacial score (nSPS) is 25.9. The Balaban J connectivity index is 0.00000196. The molecule has 0 bridgehead atoms. The van der Waals surface area contributed by atoms with E-state index in [1.165, 1.54) is 0 Å². The summed E-state index contributed by atoms with van der Waals surface area (Å²) >= 11 is 0. The van der Waals surface area contributed by atoms with Crippen LogP contribution >= 0.6 is 12.4 Å². The number of hydrogen-bond donors (Lipinski definition) is 3. The Bertz CT molecular complexity index is 225. The molecular weight excluding hydrogens is 237 g/mol. The number of alkyl halides is 3. The van der Waals surface area contributed by atoms with Crippen LogP contribution in [0.2, 0.25) is 0 Å². The van der Waals surface area contributed by atoms with Crippen LogP contribution in [0.1, 0.15) is 6.42 Å². The van der Waals surface area contributed by atoms with Gasteiger partial charge in [0.15, 0.2) is 0 Å². The van der Waals surface area contributed by atoms with Crippen LogP contribution in [-0.4, -0.2) is 42.4 Å². The number of rotatable bonds is 2. The van der Waals surface area contributed by atoms with Gasteiger partial charge in [0.05, 0.1) is 12.1 Å². The lowest BCUT2D eigenvalue weighted by Crippen LogP contribution is -2.44. The summed E-state index contributed by atoms with van der Waals surface area (Å²) in [6.07, 6.45) is -4.90. The van der Waals surface area contributed by atoms with Gasteiger partial charge in [0.25, 0.3) is 0 Å². The lowest BCUT2D eigenvalue weighted by atomic mass is 10.2. The van der Waals surface area contributed by atoms with Crippen molar-refractivity contribution < 1.29 is 23.1 Å². The lowest BCUT2D eigenvalue weighted by molar-refractivity contribution is -0.139. The highest BCUT2D eigenvalue weighted by atomic mass is 35.5. The minimum absolute atomic E-state index is 0. The third-order valence-corrected chi connectivity index (χ3v) is 1.89. The Hall–Kier alpha value is -0.530. The Morgan fingerprint density at radius 3 is 2.53 bits per heavy atom. The number of halogens is 4. The van der Waals surface area contributed by atoms with Gasteiger partial charge in [0, 0.05) is 6.54 Å². The molecule has 90 valence electrons. The van der Waals surface area contributed by atoms with Crippen molar-refractivity contribution in [1.29, 1.82) is 0 Å². The standard InChI is InChI=1S/C7H11F3N2O2.ClH/c8-7(9,10)3-12-6(14)5-1-4(13)2-11-5;/h4-5,11,13H,1-3H2,(H,12,14);1H/t4-,5-;/m1./s1.